The summed E-state index contributed by atoms with van der Waals surface area (Å²) in [6.45, 7) is 3.69. The van der Waals surface area contributed by atoms with Crippen LogP contribution in [0.2, 0.25) is 0 Å². The minimum atomic E-state index is -0.226. The molecule has 2 N–H and O–H groups in total. The van der Waals surface area contributed by atoms with E-state index in [9.17, 15) is 9.90 Å². The standard InChI is InChI=1S/C24H29NO6/c1-6-7-10-25(2)14-17-18(26)9-8-16-22(27)19(31-23(16)17)11-15-12-20(28-3)24(30-5)21(13-15)29-4/h8-9,11-13,26H,6-7,10,14H2,1-5H3/p+1/b19-11-. The Labute approximate surface area is 182 Å². The number of rotatable bonds is 9. The van der Waals surface area contributed by atoms with Crippen molar-refractivity contribution in [2.24, 2.45) is 0 Å². The SMILES string of the molecule is CCCC[NH+](C)Cc1c(O)ccc2c1O/C(=C\c1cc(OC)c(OC)c(OC)c1)C2=O. The van der Waals surface area contributed by atoms with Gasteiger partial charge in [-0.2, -0.15) is 0 Å². The van der Waals surface area contributed by atoms with Crippen LogP contribution in [-0.4, -0.2) is 45.8 Å². The molecule has 0 radical (unpaired) electrons. The number of quaternary nitrogens is 1. The lowest BCUT2D eigenvalue weighted by atomic mass is 10.0. The summed E-state index contributed by atoms with van der Waals surface area (Å²) in [5.74, 6) is 1.96. The molecule has 0 amide bonds. The van der Waals surface area contributed by atoms with E-state index in [1.807, 2.05) is 0 Å². The summed E-state index contributed by atoms with van der Waals surface area (Å²) in [6, 6.07) is 6.66. The van der Waals surface area contributed by atoms with Gasteiger partial charge in [-0.1, -0.05) is 13.3 Å². The van der Waals surface area contributed by atoms with E-state index in [0.717, 1.165) is 19.4 Å². The predicted molar refractivity (Wildman–Crippen MR) is 118 cm³/mol. The molecule has 166 valence electrons. The largest absolute Gasteiger partial charge is 0.507 e. The van der Waals surface area contributed by atoms with E-state index in [1.165, 1.54) is 26.2 Å². The third-order valence-corrected chi connectivity index (χ3v) is 5.34. The van der Waals surface area contributed by atoms with Crippen molar-refractivity contribution in [1.82, 2.24) is 0 Å². The predicted octanol–water partition coefficient (Wildman–Crippen LogP) is 2.85. The first-order valence-electron chi connectivity index (χ1n) is 10.3. The van der Waals surface area contributed by atoms with Gasteiger partial charge in [0.25, 0.3) is 0 Å². The maximum atomic E-state index is 13.0. The molecule has 1 unspecified atom stereocenters. The molecule has 0 saturated carbocycles. The van der Waals surface area contributed by atoms with Crippen LogP contribution in [0.15, 0.2) is 30.0 Å². The van der Waals surface area contributed by atoms with Crippen LogP contribution < -0.4 is 23.8 Å². The highest BCUT2D eigenvalue weighted by atomic mass is 16.5. The summed E-state index contributed by atoms with van der Waals surface area (Å²) in [7, 11) is 6.67. The molecule has 0 fully saturated rings. The van der Waals surface area contributed by atoms with Crippen LogP contribution in [0.1, 0.15) is 41.3 Å². The van der Waals surface area contributed by atoms with E-state index in [0.29, 0.717) is 46.2 Å². The average Bonchev–Trinajstić information content (AvgIpc) is 3.08. The second-order valence-corrected chi connectivity index (χ2v) is 7.58. The number of phenolic OH excluding ortho intramolecular Hbond substituents is 1. The molecule has 2 aromatic carbocycles. The van der Waals surface area contributed by atoms with Gasteiger partial charge in [-0.15, -0.1) is 0 Å². The monoisotopic (exact) mass is 428 g/mol. The molecule has 1 aliphatic rings. The van der Waals surface area contributed by atoms with Gasteiger partial charge in [-0.25, -0.2) is 0 Å². The average molecular weight is 429 g/mol. The number of methoxy groups -OCH3 is 3. The summed E-state index contributed by atoms with van der Waals surface area (Å²) in [4.78, 5) is 14.2. The van der Waals surface area contributed by atoms with E-state index in [1.54, 1.807) is 30.3 Å². The smallest absolute Gasteiger partial charge is 0.231 e. The summed E-state index contributed by atoms with van der Waals surface area (Å²) >= 11 is 0. The fourth-order valence-corrected chi connectivity index (χ4v) is 3.67. The third-order valence-electron chi connectivity index (χ3n) is 5.34. The lowest BCUT2D eigenvalue weighted by molar-refractivity contribution is -0.894. The van der Waals surface area contributed by atoms with E-state index in [4.69, 9.17) is 18.9 Å². The third kappa shape index (κ3) is 4.61. The summed E-state index contributed by atoms with van der Waals surface area (Å²) in [5.41, 5.74) is 1.77. The number of aromatic hydroxyl groups is 1. The first kappa shape index (κ1) is 22.5. The Morgan fingerprint density at radius 2 is 1.77 bits per heavy atom. The van der Waals surface area contributed by atoms with Gasteiger partial charge in [-0.05, 0) is 42.3 Å². The van der Waals surface area contributed by atoms with Crippen LogP contribution in [0.4, 0.5) is 0 Å². The lowest BCUT2D eigenvalue weighted by Gasteiger charge is -2.16. The second-order valence-electron chi connectivity index (χ2n) is 7.58. The number of carbonyl (C=O) groups is 1. The maximum absolute atomic E-state index is 13.0. The van der Waals surface area contributed by atoms with Crippen molar-refractivity contribution in [1.29, 1.82) is 0 Å². The van der Waals surface area contributed by atoms with Crippen LogP contribution >= 0.6 is 0 Å². The summed E-state index contributed by atoms with van der Waals surface area (Å²) < 4.78 is 22.1. The number of ketones is 1. The molecule has 7 heteroatoms. The Bertz CT molecular complexity index is 973. The minimum Gasteiger partial charge on any atom is -0.507 e. The summed E-state index contributed by atoms with van der Waals surface area (Å²) in [6.07, 6.45) is 3.84. The van der Waals surface area contributed by atoms with E-state index >= 15 is 0 Å². The van der Waals surface area contributed by atoms with Crippen molar-refractivity contribution >= 4 is 11.9 Å². The van der Waals surface area contributed by atoms with Gasteiger partial charge < -0.3 is 29.0 Å². The van der Waals surface area contributed by atoms with Crippen LogP contribution in [0.25, 0.3) is 6.08 Å². The first-order valence-corrected chi connectivity index (χ1v) is 10.3. The van der Waals surface area contributed by atoms with Crippen LogP contribution in [0.5, 0.6) is 28.7 Å². The van der Waals surface area contributed by atoms with Gasteiger partial charge in [0.15, 0.2) is 23.0 Å². The van der Waals surface area contributed by atoms with E-state index in [-0.39, 0.29) is 17.3 Å². The topological polar surface area (TPSA) is 78.7 Å². The molecule has 0 aromatic heterocycles. The van der Waals surface area contributed by atoms with Crippen LogP contribution in [0, 0.1) is 0 Å². The number of carbonyl (C=O) groups excluding carboxylic acids is 1. The van der Waals surface area contributed by atoms with Crippen molar-refractivity contribution in [3.05, 3.63) is 46.7 Å². The number of unbranched alkanes of at least 4 members (excludes halogenated alkanes) is 1. The van der Waals surface area contributed by atoms with Gasteiger partial charge in [0.1, 0.15) is 12.3 Å². The molecule has 1 heterocycles. The molecule has 1 atom stereocenters. The molecular formula is C24H30NO6+. The maximum Gasteiger partial charge on any atom is 0.231 e. The molecule has 0 bridgehead atoms. The number of allylic oxidation sites excluding steroid dienone is 1. The zero-order valence-corrected chi connectivity index (χ0v) is 18.7. The number of nitrogens with one attached hydrogen (secondary N) is 1. The number of phenols is 1. The number of benzene rings is 2. The van der Waals surface area contributed by atoms with Gasteiger partial charge >= 0.3 is 0 Å². The van der Waals surface area contributed by atoms with E-state index in [2.05, 4.69) is 14.0 Å². The number of ether oxygens (including phenoxy) is 4. The number of hydrogen-bond donors (Lipinski definition) is 2. The highest BCUT2D eigenvalue weighted by molar-refractivity contribution is 6.15. The summed E-state index contributed by atoms with van der Waals surface area (Å²) in [5, 5.41) is 10.4. The Hall–Kier alpha value is -3.19. The van der Waals surface area contributed by atoms with E-state index < -0.39 is 0 Å². The Morgan fingerprint density at radius 3 is 2.35 bits per heavy atom. The fraction of sp³-hybridized carbons (Fsp3) is 0.375. The van der Waals surface area contributed by atoms with Crippen LogP contribution in [0.3, 0.4) is 0 Å². The number of Topliss-reactive ketones (excluding diaryl/α,β-unsaturated/α-hetero) is 1. The zero-order valence-electron chi connectivity index (χ0n) is 18.7. The molecular weight excluding hydrogens is 398 g/mol. The lowest BCUT2D eigenvalue weighted by Crippen LogP contribution is -3.07. The number of fused-ring (bicyclic) bond motifs is 1. The van der Waals surface area contributed by atoms with Gasteiger partial charge in [0.05, 0.1) is 46.0 Å². The molecule has 0 spiro atoms. The van der Waals surface area contributed by atoms with Crippen molar-refractivity contribution in [3.63, 3.8) is 0 Å². The highest BCUT2D eigenvalue weighted by Gasteiger charge is 2.32. The van der Waals surface area contributed by atoms with Crippen LogP contribution in [-0.2, 0) is 6.54 Å². The van der Waals surface area contributed by atoms with Gasteiger partial charge in [0, 0.05) is 0 Å². The molecule has 2 aromatic rings. The Kier molecular flexibility index (Phi) is 7.07. The first-order chi connectivity index (χ1) is 14.9. The quantitative estimate of drug-likeness (QED) is 0.598. The molecule has 3 rings (SSSR count). The van der Waals surface area contributed by atoms with Gasteiger partial charge in [0.2, 0.25) is 11.5 Å². The fourth-order valence-electron chi connectivity index (χ4n) is 3.67. The molecule has 31 heavy (non-hydrogen) atoms. The zero-order chi connectivity index (χ0) is 22.5. The van der Waals surface area contributed by atoms with Crippen molar-refractivity contribution in [3.8, 4) is 28.7 Å². The van der Waals surface area contributed by atoms with Gasteiger partial charge in [-0.3, -0.25) is 4.79 Å². The highest BCUT2D eigenvalue weighted by Crippen LogP contribution is 2.41. The van der Waals surface area contributed by atoms with Crippen molar-refractivity contribution < 1.29 is 33.7 Å². The van der Waals surface area contributed by atoms with Crippen molar-refractivity contribution in [2.45, 2.75) is 26.3 Å². The minimum absolute atomic E-state index is 0.136. The molecule has 1 aliphatic heterocycles. The molecule has 7 nitrogen and oxygen atoms in total. The molecule has 0 aliphatic carbocycles. The second kappa shape index (κ2) is 9.75. The Morgan fingerprint density at radius 1 is 1.10 bits per heavy atom. The number of hydrogen-bond acceptors (Lipinski definition) is 6. The van der Waals surface area contributed by atoms with Crippen molar-refractivity contribution in [2.75, 3.05) is 34.9 Å². The normalized spacial score (nSPS) is 14.9. The molecule has 0 saturated heterocycles. The Balaban J connectivity index is 1.96.